The van der Waals surface area contributed by atoms with E-state index in [0.29, 0.717) is 18.1 Å². The minimum atomic E-state index is -0.447. The Labute approximate surface area is 107 Å². The zero-order valence-corrected chi connectivity index (χ0v) is 11.5. The van der Waals surface area contributed by atoms with Gasteiger partial charge < -0.3 is 15.8 Å². The maximum absolute atomic E-state index is 11.5. The number of nitrogens with one attached hydrogen (secondary N) is 1. The van der Waals surface area contributed by atoms with Crippen LogP contribution in [0.25, 0.3) is 0 Å². The van der Waals surface area contributed by atoms with Gasteiger partial charge in [0, 0.05) is 7.05 Å². The van der Waals surface area contributed by atoms with E-state index in [4.69, 9.17) is 10.5 Å². The molecule has 0 radical (unpaired) electrons. The lowest BCUT2D eigenvalue weighted by Crippen LogP contribution is -2.29. The molecule has 1 atom stereocenters. The predicted octanol–water partition coefficient (Wildman–Crippen LogP) is 1.32. The van der Waals surface area contributed by atoms with Gasteiger partial charge in [-0.15, -0.1) is 0 Å². The molecule has 0 aliphatic carbocycles. The number of hydrogen-bond donors (Lipinski definition) is 2. The largest absolute Gasteiger partial charge is 0.464 e. The number of carbonyl (C=O) groups is 1. The van der Waals surface area contributed by atoms with Crippen LogP contribution in [0.3, 0.4) is 0 Å². The fraction of sp³-hybridized carbons (Fsp3) is 0.667. The summed E-state index contributed by atoms with van der Waals surface area (Å²) in [5.41, 5.74) is 7.48. The molecule has 1 unspecified atom stereocenters. The third-order valence-electron chi connectivity index (χ3n) is 2.64. The molecule has 0 fully saturated rings. The number of carbonyl (C=O) groups excluding carboxylic acids is 1. The van der Waals surface area contributed by atoms with Crippen LogP contribution < -0.4 is 11.1 Å². The van der Waals surface area contributed by atoms with Crippen LogP contribution in [0.15, 0.2) is 0 Å². The number of nitrogen functional groups attached to an aromatic ring is 1. The van der Waals surface area contributed by atoms with Gasteiger partial charge in [-0.1, -0.05) is 13.3 Å². The Morgan fingerprint density at radius 3 is 2.78 bits per heavy atom. The van der Waals surface area contributed by atoms with Gasteiger partial charge in [0.15, 0.2) is 0 Å². The standard InChI is InChI=1S/C12H22N4O2/c1-5-7-9-10(13)11(16(4)15-9)14-8(3)12(17)18-6-2/h8,14H,5-7,13H2,1-4H3. The highest BCUT2D eigenvalue weighted by Gasteiger charge is 2.19. The molecule has 18 heavy (non-hydrogen) atoms. The van der Waals surface area contributed by atoms with Crippen LogP contribution in [0.1, 0.15) is 32.9 Å². The Kier molecular flexibility index (Phi) is 5.00. The van der Waals surface area contributed by atoms with Gasteiger partial charge >= 0.3 is 5.97 Å². The average Bonchev–Trinajstić information content (AvgIpc) is 2.58. The van der Waals surface area contributed by atoms with E-state index in [1.807, 2.05) is 0 Å². The van der Waals surface area contributed by atoms with E-state index < -0.39 is 6.04 Å². The summed E-state index contributed by atoms with van der Waals surface area (Å²) in [6.45, 7) is 5.96. The Morgan fingerprint density at radius 1 is 1.56 bits per heavy atom. The molecule has 6 heteroatoms. The Balaban J connectivity index is 2.81. The summed E-state index contributed by atoms with van der Waals surface area (Å²) >= 11 is 0. The maximum atomic E-state index is 11.5. The van der Waals surface area contributed by atoms with Crippen molar-refractivity contribution >= 4 is 17.5 Å². The maximum Gasteiger partial charge on any atom is 0.328 e. The number of ether oxygens (including phenoxy) is 1. The van der Waals surface area contributed by atoms with Crippen molar-refractivity contribution in [1.82, 2.24) is 9.78 Å². The van der Waals surface area contributed by atoms with Crippen LogP contribution in [-0.2, 0) is 23.0 Å². The van der Waals surface area contributed by atoms with Gasteiger partial charge in [-0.2, -0.15) is 5.10 Å². The molecule has 0 bridgehead atoms. The molecular weight excluding hydrogens is 232 g/mol. The second-order valence-corrected chi connectivity index (χ2v) is 4.20. The molecule has 0 saturated carbocycles. The molecule has 1 aromatic rings. The number of hydrogen-bond acceptors (Lipinski definition) is 5. The van der Waals surface area contributed by atoms with Crippen LogP contribution in [0.2, 0.25) is 0 Å². The summed E-state index contributed by atoms with van der Waals surface area (Å²) in [7, 11) is 1.80. The van der Waals surface area contributed by atoms with Crippen molar-refractivity contribution in [2.24, 2.45) is 7.05 Å². The Morgan fingerprint density at radius 2 is 2.22 bits per heavy atom. The number of aryl methyl sites for hydroxylation is 2. The number of rotatable bonds is 6. The quantitative estimate of drug-likeness (QED) is 0.748. The molecule has 1 heterocycles. The third kappa shape index (κ3) is 3.15. The van der Waals surface area contributed by atoms with Gasteiger partial charge in [-0.3, -0.25) is 4.68 Å². The first-order valence-electron chi connectivity index (χ1n) is 6.25. The van der Waals surface area contributed by atoms with Gasteiger partial charge in [0.2, 0.25) is 0 Å². The highest BCUT2D eigenvalue weighted by Crippen LogP contribution is 2.23. The smallest absolute Gasteiger partial charge is 0.328 e. The summed E-state index contributed by atoms with van der Waals surface area (Å²) in [5, 5.41) is 7.38. The first-order chi connectivity index (χ1) is 8.51. The lowest BCUT2D eigenvalue weighted by atomic mass is 10.2. The van der Waals surface area contributed by atoms with E-state index >= 15 is 0 Å². The number of nitrogens with two attached hydrogens (primary N) is 1. The van der Waals surface area contributed by atoms with Crippen molar-refractivity contribution in [1.29, 1.82) is 0 Å². The predicted molar refractivity (Wildman–Crippen MR) is 71.3 cm³/mol. The van der Waals surface area contributed by atoms with Crippen molar-refractivity contribution in [2.45, 2.75) is 39.7 Å². The molecule has 102 valence electrons. The molecule has 1 aromatic heterocycles. The van der Waals surface area contributed by atoms with Gasteiger partial charge in [-0.25, -0.2) is 4.79 Å². The molecule has 0 amide bonds. The van der Waals surface area contributed by atoms with E-state index in [2.05, 4.69) is 17.3 Å². The van der Waals surface area contributed by atoms with Crippen molar-refractivity contribution in [3.8, 4) is 0 Å². The Bertz CT molecular complexity index is 414. The Hall–Kier alpha value is -1.72. The van der Waals surface area contributed by atoms with Crippen molar-refractivity contribution < 1.29 is 9.53 Å². The van der Waals surface area contributed by atoms with Gasteiger partial charge in [-0.05, 0) is 20.3 Å². The molecule has 0 aliphatic rings. The van der Waals surface area contributed by atoms with Crippen LogP contribution in [0.4, 0.5) is 11.5 Å². The topological polar surface area (TPSA) is 82.2 Å². The van der Waals surface area contributed by atoms with Crippen molar-refractivity contribution in [3.63, 3.8) is 0 Å². The lowest BCUT2D eigenvalue weighted by Gasteiger charge is -2.14. The fourth-order valence-corrected chi connectivity index (χ4v) is 1.72. The molecule has 6 nitrogen and oxygen atoms in total. The minimum absolute atomic E-state index is 0.296. The highest BCUT2D eigenvalue weighted by atomic mass is 16.5. The molecule has 1 rings (SSSR count). The third-order valence-corrected chi connectivity index (χ3v) is 2.64. The lowest BCUT2D eigenvalue weighted by molar-refractivity contribution is -0.143. The number of nitrogens with zero attached hydrogens (tertiary/aromatic N) is 2. The first kappa shape index (κ1) is 14.3. The van der Waals surface area contributed by atoms with Gasteiger partial charge in [0.25, 0.3) is 0 Å². The fourth-order valence-electron chi connectivity index (χ4n) is 1.72. The van der Waals surface area contributed by atoms with E-state index in [-0.39, 0.29) is 5.97 Å². The summed E-state index contributed by atoms with van der Waals surface area (Å²) in [4.78, 5) is 11.5. The van der Waals surface area contributed by atoms with E-state index in [1.54, 1.807) is 25.6 Å². The number of esters is 1. The van der Waals surface area contributed by atoms with Gasteiger partial charge in [0.05, 0.1) is 18.0 Å². The normalized spacial score (nSPS) is 12.2. The van der Waals surface area contributed by atoms with E-state index in [1.165, 1.54) is 0 Å². The van der Waals surface area contributed by atoms with Crippen LogP contribution in [0.5, 0.6) is 0 Å². The van der Waals surface area contributed by atoms with Crippen LogP contribution in [-0.4, -0.2) is 28.4 Å². The molecule has 0 saturated heterocycles. The summed E-state index contributed by atoms with van der Waals surface area (Å²) in [6, 6.07) is -0.447. The van der Waals surface area contributed by atoms with E-state index in [0.717, 1.165) is 18.5 Å². The highest BCUT2D eigenvalue weighted by molar-refractivity contribution is 5.80. The number of anilines is 2. The first-order valence-corrected chi connectivity index (χ1v) is 6.25. The average molecular weight is 254 g/mol. The molecule has 0 spiro atoms. The summed E-state index contributed by atoms with van der Waals surface area (Å²) in [6.07, 6.45) is 1.81. The molecule has 3 N–H and O–H groups in total. The second-order valence-electron chi connectivity index (χ2n) is 4.20. The van der Waals surface area contributed by atoms with E-state index in [9.17, 15) is 4.79 Å². The van der Waals surface area contributed by atoms with Crippen LogP contribution in [0, 0.1) is 0 Å². The zero-order valence-electron chi connectivity index (χ0n) is 11.5. The number of aromatic nitrogens is 2. The van der Waals surface area contributed by atoms with Crippen molar-refractivity contribution in [2.75, 3.05) is 17.7 Å². The summed E-state index contributed by atoms with van der Waals surface area (Å²) < 4.78 is 6.60. The summed E-state index contributed by atoms with van der Waals surface area (Å²) in [5.74, 6) is 0.370. The van der Waals surface area contributed by atoms with Gasteiger partial charge in [0.1, 0.15) is 11.9 Å². The molecule has 0 aliphatic heterocycles. The zero-order chi connectivity index (χ0) is 13.7. The molecular formula is C12H22N4O2. The minimum Gasteiger partial charge on any atom is -0.464 e. The van der Waals surface area contributed by atoms with Crippen LogP contribution >= 0.6 is 0 Å². The monoisotopic (exact) mass is 254 g/mol. The molecule has 0 aromatic carbocycles. The SMILES string of the molecule is CCCc1nn(C)c(NC(C)C(=O)OCC)c1N. The van der Waals surface area contributed by atoms with Crippen molar-refractivity contribution in [3.05, 3.63) is 5.69 Å². The second kappa shape index (κ2) is 6.28.